The van der Waals surface area contributed by atoms with Crippen LogP contribution in [0.15, 0.2) is 30.3 Å². The summed E-state index contributed by atoms with van der Waals surface area (Å²) in [4.78, 5) is 23.2. The Bertz CT molecular complexity index is 452. The van der Waals surface area contributed by atoms with Gasteiger partial charge in [-0.3, -0.25) is 4.79 Å². The van der Waals surface area contributed by atoms with Crippen LogP contribution in [-0.4, -0.2) is 23.0 Å². The summed E-state index contributed by atoms with van der Waals surface area (Å²) in [6, 6.07) is 7.00. The average molecular weight is 264 g/mol. The first-order valence-electron chi connectivity index (χ1n) is 6.07. The molecule has 1 amide bonds. The fourth-order valence-corrected chi connectivity index (χ4v) is 1.69. The molecule has 0 unspecified atom stereocenters. The topological polar surface area (TPSA) is 92.4 Å². The number of carboxylic acids is 1. The molecule has 1 aromatic carbocycles. The number of aliphatic carboxylic acids is 1. The number of rotatable bonds is 4. The van der Waals surface area contributed by atoms with Crippen molar-refractivity contribution in [3.63, 3.8) is 0 Å². The van der Waals surface area contributed by atoms with Gasteiger partial charge < -0.3 is 16.2 Å². The predicted molar refractivity (Wildman–Crippen MR) is 72.4 cm³/mol. The van der Waals surface area contributed by atoms with E-state index in [0.29, 0.717) is 5.56 Å². The van der Waals surface area contributed by atoms with Gasteiger partial charge in [0.25, 0.3) is 0 Å². The number of nitrogens with two attached hydrogens (primary N) is 1. The molecule has 0 aliphatic rings. The van der Waals surface area contributed by atoms with Gasteiger partial charge in [-0.2, -0.15) is 0 Å². The van der Waals surface area contributed by atoms with Crippen molar-refractivity contribution in [3.05, 3.63) is 35.9 Å². The second-order valence-corrected chi connectivity index (χ2v) is 5.53. The Morgan fingerprint density at radius 3 is 2.16 bits per heavy atom. The molecule has 0 spiro atoms. The number of hydrogen-bond acceptors (Lipinski definition) is 3. The summed E-state index contributed by atoms with van der Waals surface area (Å²) in [6.45, 7) is 5.25. The molecule has 0 radical (unpaired) electrons. The van der Waals surface area contributed by atoms with Crippen LogP contribution >= 0.6 is 0 Å². The van der Waals surface area contributed by atoms with Gasteiger partial charge in [0.15, 0.2) is 0 Å². The summed E-state index contributed by atoms with van der Waals surface area (Å²) in [5.74, 6) is -1.56. The second kappa shape index (κ2) is 5.84. The molecular formula is C14H20N2O3. The predicted octanol–water partition coefficient (Wildman–Crippen LogP) is 1.30. The van der Waals surface area contributed by atoms with Gasteiger partial charge in [0.2, 0.25) is 5.91 Å². The van der Waals surface area contributed by atoms with Gasteiger partial charge in [-0.15, -0.1) is 0 Å². The molecule has 1 aromatic rings. The molecule has 4 N–H and O–H groups in total. The van der Waals surface area contributed by atoms with Crippen LogP contribution in [0.4, 0.5) is 0 Å². The maximum absolute atomic E-state index is 12.0. The largest absolute Gasteiger partial charge is 0.480 e. The Kier molecular flexibility index (Phi) is 4.67. The van der Waals surface area contributed by atoms with Crippen LogP contribution in [0.1, 0.15) is 32.4 Å². The molecule has 1 rings (SSSR count). The highest BCUT2D eigenvalue weighted by atomic mass is 16.4. The van der Waals surface area contributed by atoms with E-state index in [0.717, 1.165) is 0 Å². The van der Waals surface area contributed by atoms with E-state index >= 15 is 0 Å². The van der Waals surface area contributed by atoms with Crippen molar-refractivity contribution in [3.8, 4) is 0 Å². The zero-order valence-corrected chi connectivity index (χ0v) is 11.4. The van der Waals surface area contributed by atoms with E-state index in [1.807, 2.05) is 6.07 Å². The van der Waals surface area contributed by atoms with Gasteiger partial charge in [0, 0.05) is 0 Å². The SMILES string of the molecule is CC(C)(C)[C@H](NC(=O)[C@H](N)c1ccccc1)C(=O)O. The first kappa shape index (κ1) is 15.2. The van der Waals surface area contributed by atoms with E-state index in [1.165, 1.54) is 0 Å². The third-order valence-electron chi connectivity index (χ3n) is 2.84. The lowest BCUT2D eigenvalue weighted by molar-refractivity contribution is -0.145. The summed E-state index contributed by atoms with van der Waals surface area (Å²) in [6.07, 6.45) is 0. The van der Waals surface area contributed by atoms with Gasteiger partial charge in [-0.1, -0.05) is 51.1 Å². The number of benzene rings is 1. The molecule has 0 aliphatic heterocycles. The van der Waals surface area contributed by atoms with Crippen LogP contribution < -0.4 is 11.1 Å². The molecule has 104 valence electrons. The molecule has 0 heterocycles. The summed E-state index contributed by atoms with van der Waals surface area (Å²) in [7, 11) is 0. The Morgan fingerprint density at radius 1 is 1.21 bits per heavy atom. The Morgan fingerprint density at radius 2 is 1.74 bits per heavy atom. The monoisotopic (exact) mass is 264 g/mol. The number of nitrogens with one attached hydrogen (secondary N) is 1. The molecule has 5 heteroatoms. The van der Waals surface area contributed by atoms with Crippen LogP contribution in [0.5, 0.6) is 0 Å². The molecule has 0 saturated carbocycles. The van der Waals surface area contributed by atoms with Crippen molar-refractivity contribution in [1.29, 1.82) is 0 Å². The average Bonchev–Trinajstić information content (AvgIpc) is 2.34. The van der Waals surface area contributed by atoms with Crippen molar-refractivity contribution in [2.24, 2.45) is 11.1 Å². The molecule has 5 nitrogen and oxygen atoms in total. The summed E-state index contributed by atoms with van der Waals surface area (Å²) >= 11 is 0. The van der Waals surface area contributed by atoms with Crippen LogP contribution in [0, 0.1) is 5.41 Å². The van der Waals surface area contributed by atoms with Crippen molar-refractivity contribution in [2.75, 3.05) is 0 Å². The highest BCUT2D eigenvalue weighted by Gasteiger charge is 2.33. The first-order valence-corrected chi connectivity index (χ1v) is 6.07. The van der Waals surface area contributed by atoms with Crippen LogP contribution in [0.3, 0.4) is 0 Å². The molecule has 2 atom stereocenters. The molecule has 0 aromatic heterocycles. The Labute approximate surface area is 112 Å². The zero-order valence-electron chi connectivity index (χ0n) is 11.4. The number of carbonyl (C=O) groups is 2. The van der Waals surface area contributed by atoms with Crippen molar-refractivity contribution < 1.29 is 14.7 Å². The smallest absolute Gasteiger partial charge is 0.326 e. The first-order chi connectivity index (χ1) is 8.73. The molecule has 0 fully saturated rings. The summed E-state index contributed by atoms with van der Waals surface area (Å²) in [5.41, 5.74) is 5.89. The molecule has 19 heavy (non-hydrogen) atoms. The van der Waals surface area contributed by atoms with Crippen LogP contribution in [-0.2, 0) is 9.59 Å². The van der Waals surface area contributed by atoms with Crippen molar-refractivity contribution in [2.45, 2.75) is 32.9 Å². The minimum absolute atomic E-state index is 0.492. The minimum atomic E-state index is -1.07. The van der Waals surface area contributed by atoms with Crippen LogP contribution in [0.2, 0.25) is 0 Å². The number of hydrogen-bond donors (Lipinski definition) is 3. The third kappa shape index (κ3) is 4.06. The van der Waals surface area contributed by atoms with Crippen molar-refractivity contribution >= 4 is 11.9 Å². The zero-order chi connectivity index (χ0) is 14.6. The van der Waals surface area contributed by atoms with E-state index in [-0.39, 0.29) is 0 Å². The second-order valence-electron chi connectivity index (χ2n) is 5.53. The molecular weight excluding hydrogens is 244 g/mol. The maximum atomic E-state index is 12.0. The number of carboxylic acid groups (broad SMARTS) is 1. The lowest BCUT2D eigenvalue weighted by Crippen LogP contribution is -2.51. The van der Waals surface area contributed by atoms with Gasteiger partial charge in [0.05, 0.1) is 0 Å². The van der Waals surface area contributed by atoms with E-state index in [2.05, 4.69) is 5.32 Å². The quantitative estimate of drug-likeness (QED) is 0.764. The fourth-order valence-electron chi connectivity index (χ4n) is 1.69. The lowest BCUT2D eigenvalue weighted by atomic mass is 9.86. The maximum Gasteiger partial charge on any atom is 0.326 e. The summed E-state index contributed by atoms with van der Waals surface area (Å²) in [5, 5.41) is 11.6. The summed E-state index contributed by atoms with van der Waals surface area (Å²) < 4.78 is 0. The third-order valence-corrected chi connectivity index (χ3v) is 2.84. The van der Waals surface area contributed by atoms with Crippen molar-refractivity contribution in [1.82, 2.24) is 5.32 Å². The van der Waals surface area contributed by atoms with E-state index in [1.54, 1.807) is 45.0 Å². The standard InChI is InChI=1S/C14H20N2O3/c1-14(2,3)11(13(18)19)16-12(17)10(15)9-7-5-4-6-8-9/h4-8,10-11H,15H2,1-3H3,(H,16,17)(H,18,19)/t10-,11-/m1/s1. The molecule has 0 bridgehead atoms. The number of amides is 1. The lowest BCUT2D eigenvalue weighted by Gasteiger charge is -2.28. The Hall–Kier alpha value is -1.88. The fraction of sp³-hybridized carbons (Fsp3) is 0.429. The van der Waals surface area contributed by atoms with E-state index in [9.17, 15) is 9.59 Å². The normalized spacial score (nSPS) is 14.5. The van der Waals surface area contributed by atoms with E-state index in [4.69, 9.17) is 10.8 Å². The molecule has 0 saturated heterocycles. The van der Waals surface area contributed by atoms with Gasteiger partial charge in [-0.25, -0.2) is 4.79 Å². The highest BCUT2D eigenvalue weighted by molar-refractivity contribution is 5.88. The van der Waals surface area contributed by atoms with Crippen LogP contribution in [0.25, 0.3) is 0 Å². The highest BCUT2D eigenvalue weighted by Crippen LogP contribution is 2.20. The van der Waals surface area contributed by atoms with Gasteiger partial charge in [-0.05, 0) is 11.0 Å². The number of carbonyl (C=O) groups excluding carboxylic acids is 1. The van der Waals surface area contributed by atoms with Gasteiger partial charge >= 0.3 is 5.97 Å². The van der Waals surface area contributed by atoms with Gasteiger partial charge in [0.1, 0.15) is 12.1 Å². The molecule has 0 aliphatic carbocycles. The minimum Gasteiger partial charge on any atom is -0.480 e. The Balaban J connectivity index is 2.81. The van der Waals surface area contributed by atoms with E-state index < -0.39 is 29.4 Å².